The van der Waals surface area contributed by atoms with Crippen LogP contribution in [0.1, 0.15) is 65.5 Å². The van der Waals surface area contributed by atoms with Crippen molar-refractivity contribution < 1.29 is 4.74 Å². The molecule has 0 spiro atoms. The maximum absolute atomic E-state index is 7.06. The van der Waals surface area contributed by atoms with E-state index in [0.717, 1.165) is 25.7 Å². The van der Waals surface area contributed by atoms with Crippen molar-refractivity contribution in [3.8, 4) is 0 Å². The normalized spacial score (nSPS) is 16.3. The molecule has 1 heteroatoms. The molecule has 0 aliphatic heterocycles. The Morgan fingerprint density at radius 3 is 1.26 bits per heavy atom. The van der Waals surface area contributed by atoms with Crippen molar-refractivity contribution in [1.29, 1.82) is 0 Å². The lowest BCUT2D eigenvalue weighted by atomic mass is 9.83. The van der Waals surface area contributed by atoms with Gasteiger partial charge in [-0.2, -0.15) is 0 Å². The monoisotopic (exact) mass is 366 g/mol. The van der Waals surface area contributed by atoms with Gasteiger partial charge >= 0.3 is 0 Å². The first-order chi connectivity index (χ1) is 12.7. The highest BCUT2D eigenvalue weighted by molar-refractivity contribution is 5.19. The Kier molecular flexibility index (Phi) is 7.68. The summed E-state index contributed by atoms with van der Waals surface area (Å²) in [6.07, 6.45) is 4.03. The van der Waals surface area contributed by atoms with E-state index in [-0.39, 0.29) is 11.2 Å². The largest absolute Gasteiger partial charge is 0.368 e. The predicted molar refractivity (Wildman–Crippen MR) is 117 cm³/mol. The summed E-state index contributed by atoms with van der Waals surface area (Å²) in [6, 6.07) is 21.6. The highest BCUT2D eigenvalue weighted by Gasteiger charge is 2.37. The fourth-order valence-corrected chi connectivity index (χ4v) is 4.68. The smallest absolute Gasteiger partial charge is 0.0704 e. The van der Waals surface area contributed by atoms with E-state index in [1.807, 2.05) is 0 Å². The number of ether oxygens (including phenoxy) is 1. The zero-order chi connectivity index (χ0) is 19.9. The second-order valence-electron chi connectivity index (χ2n) is 9.52. The Morgan fingerprint density at radius 2 is 0.963 bits per heavy atom. The molecular formula is C26H38O. The Hall–Kier alpha value is -1.60. The van der Waals surface area contributed by atoms with Crippen LogP contribution in [-0.2, 0) is 17.6 Å². The molecule has 0 aliphatic carbocycles. The van der Waals surface area contributed by atoms with Crippen molar-refractivity contribution in [3.05, 3.63) is 71.8 Å². The molecular weight excluding hydrogens is 328 g/mol. The lowest BCUT2D eigenvalue weighted by molar-refractivity contribution is -0.155. The van der Waals surface area contributed by atoms with E-state index in [0.29, 0.717) is 11.8 Å². The number of rotatable bonds is 10. The summed E-state index contributed by atoms with van der Waals surface area (Å²) < 4.78 is 7.06. The molecule has 2 atom stereocenters. The van der Waals surface area contributed by atoms with Crippen molar-refractivity contribution >= 4 is 0 Å². The minimum atomic E-state index is -0.173. The summed E-state index contributed by atoms with van der Waals surface area (Å²) in [5.74, 6) is 1.19. The van der Waals surface area contributed by atoms with Gasteiger partial charge < -0.3 is 4.74 Å². The van der Waals surface area contributed by atoms with Crippen LogP contribution >= 0.6 is 0 Å². The SMILES string of the molecule is CC(C)CC(C)(Cc1ccccc1)OC(C)(Cc1ccccc1)CC(C)C. The fraction of sp³-hybridized carbons (Fsp3) is 0.538. The first kappa shape index (κ1) is 21.7. The lowest BCUT2D eigenvalue weighted by Gasteiger charge is -2.43. The van der Waals surface area contributed by atoms with Gasteiger partial charge in [0.1, 0.15) is 0 Å². The van der Waals surface area contributed by atoms with Gasteiger partial charge in [-0.3, -0.25) is 0 Å². The quantitative estimate of drug-likeness (QED) is 0.436. The molecule has 2 aromatic carbocycles. The van der Waals surface area contributed by atoms with Crippen LogP contribution in [0.25, 0.3) is 0 Å². The van der Waals surface area contributed by atoms with Gasteiger partial charge in [-0.05, 0) is 49.7 Å². The Balaban J connectivity index is 2.27. The van der Waals surface area contributed by atoms with Crippen LogP contribution in [-0.4, -0.2) is 11.2 Å². The van der Waals surface area contributed by atoms with Gasteiger partial charge in [0.05, 0.1) is 11.2 Å². The Labute approximate surface area is 167 Å². The maximum atomic E-state index is 7.06. The minimum Gasteiger partial charge on any atom is -0.368 e. The zero-order valence-electron chi connectivity index (χ0n) is 18.2. The van der Waals surface area contributed by atoms with Gasteiger partial charge in [0.25, 0.3) is 0 Å². The fourth-order valence-electron chi connectivity index (χ4n) is 4.68. The van der Waals surface area contributed by atoms with Crippen LogP contribution in [0.5, 0.6) is 0 Å². The van der Waals surface area contributed by atoms with E-state index in [1.165, 1.54) is 11.1 Å². The maximum Gasteiger partial charge on any atom is 0.0704 e. The molecule has 2 rings (SSSR count). The third kappa shape index (κ3) is 7.50. The van der Waals surface area contributed by atoms with Crippen LogP contribution in [0.3, 0.4) is 0 Å². The molecule has 1 nitrogen and oxygen atoms in total. The van der Waals surface area contributed by atoms with Crippen molar-refractivity contribution in [2.24, 2.45) is 11.8 Å². The van der Waals surface area contributed by atoms with Gasteiger partial charge in [-0.25, -0.2) is 0 Å². The molecule has 0 aromatic heterocycles. The third-order valence-electron chi connectivity index (χ3n) is 5.01. The van der Waals surface area contributed by atoms with Gasteiger partial charge in [0.2, 0.25) is 0 Å². The van der Waals surface area contributed by atoms with Gasteiger partial charge in [-0.1, -0.05) is 88.4 Å². The van der Waals surface area contributed by atoms with Gasteiger partial charge in [0.15, 0.2) is 0 Å². The van der Waals surface area contributed by atoms with E-state index in [1.54, 1.807) is 0 Å². The van der Waals surface area contributed by atoms with Crippen LogP contribution in [0.4, 0.5) is 0 Å². The first-order valence-electron chi connectivity index (χ1n) is 10.5. The minimum absolute atomic E-state index is 0.173. The highest BCUT2D eigenvalue weighted by atomic mass is 16.5. The molecule has 27 heavy (non-hydrogen) atoms. The molecule has 0 saturated heterocycles. The molecule has 0 heterocycles. The topological polar surface area (TPSA) is 9.23 Å². The standard InChI is InChI=1S/C26H38O/c1-21(2)17-25(5,19-23-13-9-7-10-14-23)27-26(6,18-22(3)4)20-24-15-11-8-12-16-24/h7-16,21-22H,17-20H2,1-6H3. The molecule has 0 radical (unpaired) electrons. The van der Waals surface area contributed by atoms with E-state index >= 15 is 0 Å². The van der Waals surface area contributed by atoms with Crippen molar-refractivity contribution in [2.75, 3.05) is 0 Å². The average molecular weight is 367 g/mol. The van der Waals surface area contributed by atoms with Crippen molar-refractivity contribution in [2.45, 2.75) is 78.4 Å². The van der Waals surface area contributed by atoms with Crippen LogP contribution < -0.4 is 0 Å². The molecule has 0 fully saturated rings. The summed E-state index contributed by atoms with van der Waals surface area (Å²) in [6.45, 7) is 13.8. The van der Waals surface area contributed by atoms with E-state index in [4.69, 9.17) is 4.74 Å². The molecule has 2 aromatic rings. The van der Waals surface area contributed by atoms with Crippen molar-refractivity contribution in [3.63, 3.8) is 0 Å². The molecule has 0 amide bonds. The summed E-state index contributed by atoms with van der Waals surface area (Å²) in [4.78, 5) is 0. The highest BCUT2D eigenvalue weighted by Crippen LogP contribution is 2.35. The van der Waals surface area contributed by atoms with Crippen molar-refractivity contribution in [1.82, 2.24) is 0 Å². The summed E-state index contributed by atoms with van der Waals surface area (Å²) >= 11 is 0. The lowest BCUT2D eigenvalue weighted by Crippen LogP contribution is -2.45. The van der Waals surface area contributed by atoms with Gasteiger partial charge in [-0.15, -0.1) is 0 Å². The van der Waals surface area contributed by atoms with E-state index in [2.05, 4.69) is 102 Å². The molecule has 0 aliphatic rings. The predicted octanol–water partition coefficient (Wildman–Crippen LogP) is 7.10. The summed E-state index contributed by atoms with van der Waals surface area (Å²) in [5.41, 5.74) is 2.36. The molecule has 0 bridgehead atoms. The third-order valence-corrected chi connectivity index (χ3v) is 5.01. The Morgan fingerprint density at radius 1 is 0.630 bits per heavy atom. The Bertz CT molecular complexity index is 602. The average Bonchev–Trinajstić information content (AvgIpc) is 2.54. The van der Waals surface area contributed by atoms with E-state index < -0.39 is 0 Å². The van der Waals surface area contributed by atoms with Crippen LogP contribution in [0.15, 0.2) is 60.7 Å². The molecule has 148 valence electrons. The molecule has 0 saturated carbocycles. The number of hydrogen-bond acceptors (Lipinski definition) is 1. The van der Waals surface area contributed by atoms with Crippen LogP contribution in [0.2, 0.25) is 0 Å². The summed E-state index contributed by atoms with van der Waals surface area (Å²) in [7, 11) is 0. The number of hydrogen-bond donors (Lipinski definition) is 0. The van der Waals surface area contributed by atoms with Gasteiger partial charge in [0, 0.05) is 12.8 Å². The first-order valence-corrected chi connectivity index (χ1v) is 10.5. The molecule has 0 N–H and O–H groups in total. The summed E-state index contributed by atoms with van der Waals surface area (Å²) in [5, 5.41) is 0. The second-order valence-corrected chi connectivity index (χ2v) is 9.52. The number of benzene rings is 2. The van der Waals surface area contributed by atoms with Crippen LogP contribution in [0, 0.1) is 11.8 Å². The van der Waals surface area contributed by atoms with E-state index in [9.17, 15) is 0 Å². The zero-order valence-corrected chi connectivity index (χ0v) is 18.2. The molecule has 2 unspecified atom stereocenters. The second kappa shape index (κ2) is 9.55.